The van der Waals surface area contributed by atoms with E-state index in [4.69, 9.17) is 4.74 Å². The summed E-state index contributed by atoms with van der Waals surface area (Å²) in [4.78, 5) is 13.5. The second-order valence-corrected chi connectivity index (χ2v) is 9.70. The van der Waals surface area contributed by atoms with Gasteiger partial charge in [-0.1, -0.05) is 48.2 Å². The van der Waals surface area contributed by atoms with Crippen LogP contribution in [0.4, 0.5) is 10.1 Å². The molecule has 1 atom stereocenters. The smallest absolute Gasteiger partial charge is 0.260 e. The van der Waals surface area contributed by atoms with Gasteiger partial charge in [0.25, 0.3) is 5.91 Å². The van der Waals surface area contributed by atoms with Crippen LogP contribution in [0.1, 0.15) is 22.4 Å². The summed E-state index contributed by atoms with van der Waals surface area (Å²) in [7, 11) is 1.63. The number of rotatable bonds is 6. The van der Waals surface area contributed by atoms with Crippen LogP contribution in [0.5, 0.6) is 5.75 Å². The summed E-state index contributed by atoms with van der Waals surface area (Å²) in [5.74, 6) is 0.362. The monoisotopic (exact) mass is 487 g/mol. The minimum absolute atomic E-state index is 0.117. The first-order valence-corrected chi connectivity index (χ1v) is 12.2. The fourth-order valence-electron chi connectivity index (χ4n) is 4.39. The molecule has 2 heterocycles. The number of thioether (sulfide) groups is 1. The molecule has 7 heteroatoms. The topological polar surface area (TPSA) is 55.3 Å². The summed E-state index contributed by atoms with van der Waals surface area (Å²) >= 11 is 1.45. The van der Waals surface area contributed by atoms with Crippen LogP contribution in [-0.2, 0) is 11.3 Å². The zero-order valence-corrected chi connectivity index (χ0v) is 20.6. The number of nitrogens with zero attached hydrogens (tertiary/aromatic N) is 1. The number of nitrogens with one attached hydrogen (secondary N) is 2. The Morgan fingerprint density at radius 3 is 2.66 bits per heavy atom. The van der Waals surface area contributed by atoms with Gasteiger partial charge in [-0.3, -0.25) is 4.79 Å². The van der Waals surface area contributed by atoms with E-state index in [9.17, 15) is 9.18 Å². The number of methoxy groups -OCH3 is 1. The summed E-state index contributed by atoms with van der Waals surface area (Å²) in [6, 6.07) is 20.6. The zero-order valence-electron chi connectivity index (χ0n) is 19.8. The van der Waals surface area contributed by atoms with E-state index in [2.05, 4.69) is 34.3 Å². The predicted octanol–water partition coefficient (Wildman–Crippen LogP) is 6.05. The standard InChI is InChI=1S/C28H26FN3O2S/c1-17-8-13-25(34-3)23(14-17)30-28-31-27(33)26(35-28)15-22-18(2)32(24-7-5-4-6-21(22)24)16-19-9-11-20(29)12-10-19/h4-15,28,30H,16H2,1-3H3,(H,31,33)/b26-15-. The number of anilines is 1. The molecule has 1 amide bonds. The van der Waals surface area contributed by atoms with Crippen molar-refractivity contribution in [2.24, 2.45) is 0 Å². The van der Waals surface area contributed by atoms with Crippen LogP contribution in [0.25, 0.3) is 17.0 Å². The average Bonchev–Trinajstić information content (AvgIpc) is 3.32. The Labute approximate surface area is 208 Å². The molecule has 1 saturated heterocycles. The van der Waals surface area contributed by atoms with Gasteiger partial charge >= 0.3 is 0 Å². The number of ether oxygens (including phenoxy) is 1. The molecule has 4 aromatic rings. The van der Waals surface area contributed by atoms with Crippen molar-refractivity contribution in [3.63, 3.8) is 0 Å². The number of hydrogen-bond donors (Lipinski definition) is 2. The van der Waals surface area contributed by atoms with Gasteiger partial charge in [0, 0.05) is 28.7 Å². The summed E-state index contributed by atoms with van der Waals surface area (Å²) in [6.45, 7) is 4.69. The first-order valence-electron chi connectivity index (χ1n) is 11.4. The molecule has 1 aliphatic rings. The number of aromatic nitrogens is 1. The van der Waals surface area contributed by atoms with Gasteiger partial charge in [0.2, 0.25) is 0 Å². The van der Waals surface area contributed by atoms with Crippen LogP contribution < -0.4 is 15.4 Å². The van der Waals surface area contributed by atoms with Crippen molar-refractivity contribution in [3.8, 4) is 5.75 Å². The summed E-state index contributed by atoms with van der Waals surface area (Å²) in [5.41, 5.74) is 5.77. The molecular formula is C28H26FN3O2S. The molecular weight excluding hydrogens is 461 g/mol. The number of para-hydroxylation sites is 1. The van der Waals surface area contributed by atoms with Gasteiger partial charge in [-0.25, -0.2) is 4.39 Å². The van der Waals surface area contributed by atoms with Crippen LogP contribution in [0.15, 0.2) is 71.6 Å². The van der Waals surface area contributed by atoms with Crippen molar-refractivity contribution in [2.75, 3.05) is 12.4 Å². The molecule has 5 nitrogen and oxygen atoms in total. The lowest BCUT2D eigenvalue weighted by Crippen LogP contribution is -2.31. The second-order valence-electron chi connectivity index (χ2n) is 8.56. The van der Waals surface area contributed by atoms with E-state index >= 15 is 0 Å². The third-order valence-electron chi connectivity index (χ3n) is 6.18. The Morgan fingerprint density at radius 2 is 1.89 bits per heavy atom. The number of amides is 1. The number of aryl methyl sites for hydroxylation is 1. The maximum Gasteiger partial charge on any atom is 0.260 e. The van der Waals surface area contributed by atoms with Gasteiger partial charge in [-0.15, -0.1) is 0 Å². The van der Waals surface area contributed by atoms with Gasteiger partial charge in [-0.2, -0.15) is 0 Å². The van der Waals surface area contributed by atoms with E-state index < -0.39 is 0 Å². The van der Waals surface area contributed by atoms with E-state index in [1.807, 2.05) is 43.3 Å². The van der Waals surface area contributed by atoms with Crippen molar-refractivity contribution in [2.45, 2.75) is 25.9 Å². The Kier molecular flexibility index (Phi) is 6.26. The van der Waals surface area contributed by atoms with Crippen LogP contribution in [0, 0.1) is 19.7 Å². The highest BCUT2D eigenvalue weighted by Gasteiger charge is 2.28. The van der Waals surface area contributed by atoms with Crippen LogP contribution in [0.3, 0.4) is 0 Å². The fraction of sp³-hybridized carbons (Fsp3) is 0.179. The molecule has 0 radical (unpaired) electrons. The first kappa shape index (κ1) is 23.1. The fourth-order valence-corrected chi connectivity index (χ4v) is 5.35. The number of carbonyl (C=O) groups excluding carboxylic acids is 1. The number of hydrogen-bond acceptors (Lipinski definition) is 4. The van der Waals surface area contributed by atoms with E-state index in [0.29, 0.717) is 11.4 Å². The minimum atomic E-state index is -0.308. The molecule has 5 rings (SSSR count). The molecule has 1 aliphatic heterocycles. The van der Waals surface area contributed by atoms with Gasteiger partial charge in [0.15, 0.2) is 5.50 Å². The molecule has 2 N–H and O–H groups in total. The van der Waals surface area contributed by atoms with Gasteiger partial charge in [-0.05, 0) is 61.4 Å². The Bertz CT molecular complexity index is 1440. The predicted molar refractivity (Wildman–Crippen MR) is 141 cm³/mol. The van der Waals surface area contributed by atoms with Crippen molar-refractivity contribution in [1.29, 1.82) is 0 Å². The molecule has 3 aromatic carbocycles. The Morgan fingerprint density at radius 1 is 1.11 bits per heavy atom. The van der Waals surface area contributed by atoms with E-state index in [1.54, 1.807) is 19.2 Å². The molecule has 0 aliphatic carbocycles. The maximum atomic E-state index is 13.4. The van der Waals surface area contributed by atoms with Gasteiger partial charge in [0.05, 0.1) is 17.7 Å². The molecule has 0 bridgehead atoms. The van der Waals surface area contributed by atoms with Gasteiger partial charge < -0.3 is 19.9 Å². The normalized spacial score (nSPS) is 16.6. The van der Waals surface area contributed by atoms with Gasteiger partial charge in [0.1, 0.15) is 11.6 Å². The molecule has 178 valence electrons. The molecule has 0 spiro atoms. The molecule has 35 heavy (non-hydrogen) atoms. The average molecular weight is 488 g/mol. The van der Waals surface area contributed by atoms with Crippen LogP contribution in [0.2, 0.25) is 0 Å². The summed E-state index contributed by atoms with van der Waals surface area (Å²) < 4.78 is 21.1. The molecule has 1 unspecified atom stereocenters. The van der Waals surface area contributed by atoms with Crippen molar-refractivity contribution in [1.82, 2.24) is 9.88 Å². The molecule has 1 aromatic heterocycles. The van der Waals surface area contributed by atoms with E-state index in [0.717, 1.165) is 44.7 Å². The minimum Gasteiger partial charge on any atom is -0.495 e. The van der Waals surface area contributed by atoms with Crippen molar-refractivity contribution < 1.29 is 13.9 Å². The second kappa shape index (κ2) is 9.50. The largest absolute Gasteiger partial charge is 0.495 e. The Hall–Kier alpha value is -3.71. The van der Waals surface area contributed by atoms with E-state index in [1.165, 1.54) is 23.9 Å². The summed E-state index contributed by atoms with van der Waals surface area (Å²) in [5, 5.41) is 7.45. The number of carbonyl (C=O) groups is 1. The SMILES string of the molecule is COc1ccc(C)cc1NC1NC(=O)/C(=C/c2c(C)n(Cc3ccc(F)cc3)c3ccccc23)S1. The lowest BCUT2D eigenvalue weighted by Gasteiger charge is -2.16. The van der Waals surface area contributed by atoms with Crippen LogP contribution in [-0.4, -0.2) is 23.1 Å². The number of benzene rings is 3. The maximum absolute atomic E-state index is 13.4. The van der Waals surface area contributed by atoms with Crippen molar-refractivity contribution >= 4 is 40.3 Å². The zero-order chi connectivity index (χ0) is 24.5. The third kappa shape index (κ3) is 4.64. The third-order valence-corrected chi connectivity index (χ3v) is 7.21. The highest BCUT2D eigenvalue weighted by atomic mass is 32.2. The highest BCUT2D eigenvalue weighted by molar-refractivity contribution is 8.05. The lowest BCUT2D eigenvalue weighted by atomic mass is 10.1. The molecule has 0 saturated carbocycles. The van der Waals surface area contributed by atoms with E-state index in [-0.39, 0.29) is 17.2 Å². The highest BCUT2D eigenvalue weighted by Crippen LogP contribution is 2.36. The Balaban J connectivity index is 1.46. The number of fused-ring (bicyclic) bond motifs is 1. The van der Waals surface area contributed by atoms with Crippen LogP contribution >= 0.6 is 11.8 Å². The quantitative estimate of drug-likeness (QED) is 0.325. The van der Waals surface area contributed by atoms with Crippen molar-refractivity contribution in [3.05, 3.63) is 99.8 Å². The first-order chi connectivity index (χ1) is 16.9. The number of halogens is 1. The lowest BCUT2D eigenvalue weighted by molar-refractivity contribution is -0.116. The molecule has 1 fully saturated rings. The summed E-state index contributed by atoms with van der Waals surface area (Å²) in [6.07, 6.45) is 1.97.